The normalized spacial score (nSPS) is 15.9. The van der Waals surface area contributed by atoms with Crippen molar-refractivity contribution < 1.29 is 13.9 Å². The maximum absolute atomic E-state index is 13.8. The first-order valence-corrected chi connectivity index (χ1v) is 7.79. The van der Waals surface area contributed by atoms with Crippen LogP contribution < -0.4 is 4.90 Å². The summed E-state index contributed by atoms with van der Waals surface area (Å²) in [6.07, 6.45) is 1.53. The number of fused-ring (bicyclic) bond motifs is 1. The standard InChI is InChI=1S/C17H20FN3O2/c1-3-23-17(22)14-11-19-15-5-4-12(18)10-13(15)16(14)21-8-6-20(2)7-9-21/h4-5,10-11H,3,6-9H2,1-2H3. The van der Waals surface area contributed by atoms with E-state index in [0.717, 1.165) is 31.9 Å². The van der Waals surface area contributed by atoms with Crippen molar-refractivity contribution in [1.82, 2.24) is 9.88 Å². The predicted octanol–water partition coefficient (Wildman–Crippen LogP) is 2.30. The molecule has 0 radical (unpaired) electrons. The van der Waals surface area contributed by atoms with Gasteiger partial charge in [-0.05, 0) is 32.2 Å². The van der Waals surface area contributed by atoms with E-state index in [0.29, 0.717) is 23.1 Å². The van der Waals surface area contributed by atoms with E-state index in [9.17, 15) is 9.18 Å². The first-order chi connectivity index (χ1) is 11.1. The van der Waals surface area contributed by atoms with Crippen molar-refractivity contribution in [2.75, 3.05) is 44.7 Å². The zero-order chi connectivity index (χ0) is 16.4. The van der Waals surface area contributed by atoms with Crippen LogP contribution in [0.5, 0.6) is 0 Å². The van der Waals surface area contributed by atoms with Crippen molar-refractivity contribution in [1.29, 1.82) is 0 Å². The predicted molar refractivity (Wildman–Crippen MR) is 87.4 cm³/mol. The molecule has 0 unspecified atom stereocenters. The van der Waals surface area contributed by atoms with E-state index in [4.69, 9.17) is 4.74 Å². The largest absolute Gasteiger partial charge is 0.462 e. The average Bonchev–Trinajstić information content (AvgIpc) is 2.55. The molecule has 0 N–H and O–H groups in total. The number of hydrogen-bond donors (Lipinski definition) is 0. The molecule has 0 spiro atoms. The fourth-order valence-electron chi connectivity index (χ4n) is 2.88. The minimum Gasteiger partial charge on any atom is -0.462 e. The first kappa shape index (κ1) is 15.7. The summed E-state index contributed by atoms with van der Waals surface area (Å²) in [7, 11) is 2.06. The van der Waals surface area contributed by atoms with Crippen LogP contribution in [0.3, 0.4) is 0 Å². The van der Waals surface area contributed by atoms with E-state index in [1.165, 1.54) is 18.3 Å². The number of piperazine rings is 1. The molecular weight excluding hydrogens is 297 g/mol. The summed E-state index contributed by atoms with van der Waals surface area (Å²) in [5.74, 6) is -0.754. The van der Waals surface area contributed by atoms with E-state index in [1.807, 2.05) is 0 Å². The molecule has 1 aromatic heterocycles. The number of benzene rings is 1. The molecule has 23 heavy (non-hydrogen) atoms. The molecule has 2 aromatic rings. The van der Waals surface area contributed by atoms with Gasteiger partial charge in [0.1, 0.15) is 11.4 Å². The van der Waals surface area contributed by atoms with Gasteiger partial charge in [0.15, 0.2) is 0 Å². The molecule has 5 nitrogen and oxygen atoms in total. The lowest BCUT2D eigenvalue weighted by atomic mass is 10.1. The molecule has 1 aromatic carbocycles. The van der Waals surface area contributed by atoms with Crippen LogP contribution in [-0.4, -0.2) is 55.7 Å². The van der Waals surface area contributed by atoms with Crippen molar-refractivity contribution >= 4 is 22.6 Å². The highest BCUT2D eigenvalue weighted by Gasteiger charge is 2.24. The number of likely N-dealkylation sites (N-methyl/N-ethyl adjacent to an activating group) is 1. The topological polar surface area (TPSA) is 45.7 Å². The third kappa shape index (κ3) is 3.12. The number of esters is 1. The second-order valence-corrected chi connectivity index (χ2v) is 5.69. The van der Waals surface area contributed by atoms with Crippen LogP contribution in [0.1, 0.15) is 17.3 Å². The van der Waals surface area contributed by atoms with Gasteiger partial charge < -0.3 is 14.5 Å². The minimum absolute atomic E-state index is 0.294. The molecule has 6 heteroatoms. The number of rotatable bonds is 3. The van der Waals surface area contributed by atoms with Gasteiger partial charge in [-0.1, -0.05) is 0 Å². The third-order valence-corrected chi connectivity index (χ3v) is 4.12. The number of anilines is 1. The van der Waals surface area contributed by atoms with Crippen LogP contribution in [0, 0.1) is 5.82 Å². The highest BCUT2D eigenvalue weighted by molar-refractivity contribution is 6.05. The van der Waals surface area contributed by atoms with Crippen molar-refractivity contribution in [3.05, 3.63) is 35.8 Å². The van der Waals surface area contributed by atoms with Gasteiger partial charge in [-0.15, -0.1) is 0 Å². The molecule has 1 fully saturated rings. The van der Waals surface area contributed by atoms with Crippen molar-refractivity contribution in [2.24, 2.45) is 0 Å². The van der Waals surface area contributed by atoms with E-state index < -0.39 is 5.97 Å². The lowest BCUT2D eigenvalue weighted by Gasteiger charge is -2.35. The second-order valence-electron chi connectivity index (χ2n) is 5.69. The Hall–Kier alpha value is -2.21. The van der Waals surface area contributed by atoms with Crippen LogP contribution >= 0.6 is 0 Å². The van der Waals surface area contributed by atoms with Gasteiger partial charge in [0.05, 0.1) is 17.8 Å². The molecule has 0 atom stereocenters. The van der Waals surface area contributed by atoms with Gasteiger partial charge in [-0.25, -0.2) is 9.18 Å². The van der Waals surface area contributed by atoms with E-state index in [-0.39, 0.29) is 5.82 Å². The molecule has 0 amide bonds. The first-order valence-electron chi connectivity index (χ1n) is 7.79. The minimum atomic E-state index is -0.417. The summed E-state index contributed by atoms with van der Waals surface area (Å²) in [5, 5.41) is 0.653. The van der Waals surface area contributed by atoms with Crippen LogP contribution in [0.15, 0.2) is 24.4 Å². The summed E-state index contributed by atoms with van der Waals surface area (Å²) >= 11 is 0. The van der Waals surface area contributed by atoms with Crippen LogP contribution in [0.25, 0.3) is 10.9 Å². The Balaban J connectivity index is 2.14. The molecule has 1 aliphatic rings. The molecular formula is C17H20FN3O2. The highest BCUT2D eigenvalue weighted by Crippen LogP contribution is 2.31. The number of aromatic nitrogens is 1. The smallest absolute Gasteiger partial charge is 0.341 e. The lowest BCUT2D eigenvalue weighted by molar-refractivity contribution is 0.0526. The summed E-state index contributed by atoms with van der Waals surface area (Å²) in [6.45, 7) is 5.39. The molecule has 3 rings (SSSR count). The Labute approximate surface area is 134 Å². The number of hydrogen-bond acceptors (Lipinski definition) is 5. The average molecular weight is 317 g/mol. The van der Waals surface area contributed by atoms with E-state index in [2.05, 4.69) is 21.8 Å². The maximum atomic E-state index is 13.8. The Morgan fingerprint density at radius 3 is 2.74 bits per heavy atom. The summed E-state index contributed by atoms with van der Waals surface area (Å²) in [4.78, 5) is 20.9. The quantitative estimate of drug-likeness (QED) is 0.813. The van der Waals surface area contributed by atoms with Gasteiger partial charge in [0, 0.05) is 37.8 Å². The third-order valence-electron chi connectivity index (χ3n) is 4.12. The maximum Gasteiger partial charge on any atom is 0.341 e. The van der Waals surface area contributed by atoms with Gasteiger partial charge in [0.25, 0.3) is 0 Å². The fraction of sp³-hybridized carbons (Fsp3) is 0.412. The zero-order valence-corrected chi connectivity index (χ0v) is 13.4. The molecule has 0 bridgehead atoms. The molecule has 122 valence electrons. The van der Waals surface area contributed by atoms with E-state index >= 15 is 0 Å². The fourth-order valence-corrected chi connectivity index (χ4v) is 2.88. The van der Waals surface area contributed by atoms with Crippen molar-refractivity contribution in [2.45, 2.75) is 6.92 Å². The number of ether oxygens (including phenoxy) is 1. The number of carbonyl (C=O) groups is 1. The Morgan fingerprint density at radius 2 is 2.04 bits per heavy atom. The van der Waals surface area contributed by atoms with Gasteiger partial charge in [-0.2, -0.15) is 0 Å². The summed E-state index contributed by atoms with van der Waals surface area (Å²) in [6, 6.07) is 4.46. The van der Waals surface area contributed by atoms with Crippen LogP contribution in [0.2, 0.25) is 0 Å². The summed E-state index contributed by atoms with van der Waals surface area (Å²) < 4.78 is 18.9. The molecule has 0 aliphatic carbocycles. The molecule has 2 heterocycles. The lowest BCUT2D eigenvalue weighted by Crippen LogP contribution is -2.45. The Kier molecular flexibility index (Phi) is 4.43. The zero-order valence-electron chi connectivity index (χ0n) is 13.4. The monoisotopic (exact) mass is 317 g/mol. The van der Waals surface area contributed by atoms with Gasteiger partial charge in [0.2, 0.25) is 0 Å². The van der Waals surface area contributed by atoms with E-state index in [1.54, 1.807) is 13.0 Å². The van der Waals surface area contributed by atoms with Crippen LogP contribution in [-0.2, 0) is 4.74 Å². The SMILES string of the molecule is CCOC(=O)c1cnc2ccc(F)cc2c1N1CCN(C)CC1. The molecule has 0 saturated carbocycles. The Morgan fingerprint density at radius 1 is 1.30 bits per heavy atom. The summed E-state index contributed by atoms with van der Waals surface area (Å²) in [5.41, 5.74) is 1.80. The van der Waals surface area contributed by atoms with Crippen molar-refractivity contribution in [3.63, 3.8) is 0 Å². The van der Waals surface area contributed by atoms with Crippen LogP contribution in [0.4, 0.5) is 10.1 Å². The number of halogens is 1. The number of pyridine rings is 1. The second kappa shape index (κ2) is 6.50. The highest BCUT2D eigenvalue weighted by atomic mass is 19.1. The molecule has 1 aliphatic heterocycles. The number of nitrogens with zero attached hydrogens (tertiary/aromatic N) is 3. The molecule has 1 saturated heterocycles. The number of carbonyl (C=O) groups excluding carboxylic acids is 1. The van der Waals surface area contributed by atoms with Gasteiger partial charge >= 0.3 is 5.97 Å². The Bertz CT molecular complexity index is 727. The van der Waals surface area contributed by atoms with Crippen molar-refractivity contribution in [3.8, 4) is 0 Å². The van der Waals surface area contributed by atoms with Gasteiger partial charge in [-0.3, -0.25) is 4.98 Å².